The zero-order valence-electron chi connectivity index (χ0n) is 12.2. The number of anilines is 2. The second-order valence-electron chi connectivity index (χ2n) is 4.48. The molecular weight excluding hydrogens is 355 g/mol. The summed E-state index contributed by atoms with van der Waals surface area (Å²) in [5, 5.41) is 0. The van der Waals surface area contributed by atoms with Gasteiger partial charge in [0.05, 0.1) is 0 Å². The number of rotatable bonds is 7. The van der Waals surface area contributed by atoms with Crippen molar-refractivity contribution < 1.29 is 0 Å². The van der Waals surface area contributed by atoms with Gasteiger partial charge in [-0.25, -0.2) is 0 Å². The van der Waals surface area contributed by atoms with Gasteiger partial charge in [0.25, 0.3) is 0 Å². The number of para-hydroxylation sites is 2. The van der Waals surface area contributed by atoms with Crippen LogP contribution in [-0.2, 0) is 0 Å². The number of nitrogens with two attached hydrogens (primary N) is 2. The summed E-state index contributed by atoms with van der Waals surface area (Å²) in [6.45, 7) is 0. The molecule has 22 heavy (non-hydrogen) atoms. The number of thioether (sulfide) groups is 2. The molecule has 0 radical (unpaired) electrons. The highest BCUT2D eigenvalue weighted by atomic mass is 35.5. The lowest BCUT2D eigenvalue weighted by Crippen LogP contribution is -1.90. The van der Waals surface area contributed by atoms with E-state index in [0.717, 1.165) is 22.9 Å². The second kappa shape index (κ2) is 11.8. The van der Waals surface area contributed by atoms with Crippen LogP contribution < -0.4 is 11.5 Å². The van der Waals surface area contributed by atoms with Crippen molar-refractivity contribution >= 4 is 59.7 Å². The van der Waals surface area contributed by atoms with Crippen LogP contribution in [0.15, 0.2) is 58.3 Å². The molecule has 0 fully saturated rings. The molecule has 4 N–H and O–H groups in total. The summed E-state index contributed by atoms with van der Waals surface area (Å²) in [7, 11) is 0. The minimum atomic E-state index is 0. The third-order valence-corrected chi connectivity index (χ3v) is 5.24. The maximum absolute atomic E-state index is 5.92. The molecule has 0 spiro atoms. The van der Waals surface area contributed by atoms with Gasteiger partial charge in [0.15, 0.2) is 0 Å². The molecule has 2 aromatic rings. The summed E-state index contributed by atoms with van der Waals surface area (Å²) in [5.74, 6) is 2.22. The third kappa shape index (κ3) is 7.05. The van der Waals surface area contributed by atoms with Crippen LogP contribution in [0.3, 0.4) is 0 Å². The van der Waals surface area contributed by atoms with Crippen molar-refractivity contribution in [1.29, 1.82) is 0 Å². The fourth-order valence-corrected chi connectivity index (χ4v) is 3.75. The van der Waals surface area contributed by atoms with E-state index in [1.165, 1.54) is 22.6 Å². The lowest BCUT2D eigenvalue weighted by atomic mass is 10.3. The highest BCUT2D eigenvalue weighted by molar-refractivity contribution is 7.99. The van der Waals surface area contributed by atoms with Crippen LogP contribution in [0, 0.1) is 0 Å². The monoisotopic (exact) mass is 376 g/mol. The van der Waals surface area contributed by atoms with Crippen molar-refractivity contribution in [3.05, 3.63) is 48.5 Å². The van der Waals surface area contributed by atoms with E-state index in [-0.39, 0.29) is 24.8 Å². The van der Waals surface area contributed by atoms with Crippen LogP contribution in [0.2, 0.25) is 0 Å². The lowest BCUT2D eigenvalue weighted by molar-refractivity contribution is 0.907. The zero-order valence-corrected chi connectivity index (χ0v) is 15.5. The van der Waals surface area contributed by atoms with Crippen LogP contribution in [-0.4, -0.2) is 11.5 Å². The standard InChI is InChI=1S/C16H20N2S2.2ClH/c17-13-7-1-3-9-15(13)19-11-5-6-12-20-16-10-4-2-8-14(16)18;;/h1-4,7-10H,5-6,11-12,17-18H2;2*1H. The van der Waals surface area contributed by atoms with E-state index in [0.29, 0.717) is 0 Å². The Morgan fingerprint density at radius 2 is 1.00 bits per heavy atom. The highest BCUT2D eigenvalue weighted by Gasteiger charge is 2.00. The zero-order chi connectivity index (χ0) is 14.2. The molecule has 0 heterocycles. The van der Waals surface area contributed by atoms with Crippen LogP contribution in [0.5, 0.6) is 0 Å². The summed E-state index contributed by atoms with van der Waals surface area (Å²) < 4.78 is 0. The quantitative estimate of drug-likeness (QED) is 0.387. The van der Waals surface area contributed by atoms with Gasteiger partial charge in [0.1, 0.15) is 0 Å². The minimum absolute atomic E-state index is 0. The van der Waals surface area contributed by atoms with Gasteiger partial charge in [0, 0.05) is 21.2 Å². The number of hydrogen-bond donors (Lipinski definition) is 2. The smallest absolute Gasteiger partial charge is 0.0452 e. The van der Waals surface area contributed by atoms with Crippen molar-refractivity contribution in [3.63, 3.8) is 0 Å². The second-order valence-corrected chi connectivity index (χ2v) is 6.75. The summed E-state index contributed by atoms with van der Waals surface area (Å²) in [6.07, 6.45) is 2.39. The number of nitrogen functional groups attached to an aromatic ring is 2. The van der Waals surface area contributed by atoms with Gasteiger partial charge in [-0.1, -0.05) is 24.3 Å². The molecule has 0 aromatic heterocycles. The molecule has 0 unspecified atom stereocenters. The fraction of sp³-hybridized carbons (Fsp3) is 0.250. The van der Waals surface area contributed by atoms with E-state index in [2.05, 4.69) is 12.1 Å². The van der Waals surface area contributed by atoms with E-state index < -0.39 is 0 Å². The molecule has 0 saturated heterocycles. The van der Waals surface area contributed by atoms with Crippen molar-refractivity contribution in [2.75, 3.05) is 23.0 Å². The Morgan fingerprint density at radius 3 is 1.36 bits per heavy atom. The van der Waals surface area contributed by atoms with Gasteiger partial charge in [0.2, 0.25) is 0 Å². The van der Waals surface area contributed by atoms with Gasteiger partial charge in [-0.2, -0.15) is 0 Å². The van der Waals surface area contributed by atoms with Gasteiger partial charge in [-0.05, 0) is 48.6 Å². The highest BCUT2D eigenvalue weighted by Crippen LogP contribution is 2.27. The number of benzene rings is 2. The Labute approximate surface area is 153 Å². The average Bonchev–Trinajstić information content (AvgIpc) is 2.46. The number of hydrogen-bond acceptors (Lipinski definition) is 4. The normalized spacial score (nSPS) is 9.64. The predicted octanol–water partition coefficient (Wildman–Crippen LogP) is 5.36. The maximum atomic E-state index is 5.92. The number of halogens is 2. The molecular formula is C16H22Cl2N2S2. The van der Waals surface area contributed by atoms with E-state index in [9.17, 15) is 0 Å². The largest absolute Gasteiger partial charge is 0.398 e. The van der Waals surface area contributed by atoms with Gasteiger partial charge >= 0.3 is 0 Å². The summed E-state index contributed by atoms with van der Waals surface area (Å²) in [6, 6.07) is 16.1. The third-order valence-electron chi connectivity index (χ3n) is 2.89. The van der Waals surface area contributed by atoms with E-state index in [4.69, 9.17) is 11.5 Å². The molecule has 0 atom stereocenters. The van der Waals surface area contributed by atoms with Crippen LogP contribution in [0.4, 0.5) is 11.4 Å². The van der Waals surface area contributed by atoms with Gasteiger partial charge in [-0.3, -0.25) is 0 Å². The van der Waals surface area contributed by atoms with E-state index in [1.54, 1.807) is 0 Å². The molecule has 0 aliphatic rings. The Bertz CT molecular complexity index is 504. The molecule has 0 bridgehead atoms. The molecule has 0 aliphatic carbocycles. The first-order valence-electron chi connectivity index (χ1n) is 6.72. The lowest BCUT2D eigenvalue weighted by Gasteiger charge is -2.06. The molecule has 6 heteroatoms. The summed E-state index contributed by atoms with van der Waals surface area (Å²) in [5.41, 5.74) is 13.6. The average molecular weight is 377 g/mol. The predicted molar refractivity (Wildman–Crippen MR) is 107 cm³/mol. The maximum Gasteiger partial charge on any atom is 0.0452 e. The van der Waals surface area contributed by atoms with Crippen molar-refractivity contribution in [1.82, 2.24) is 0 Å². The molecule has 2 aromatic carbocycles. The van der Waals surface area contributed by atoms with Crippen LogP contribution >= 0.6 is 48.3 Å². The first-order valence-corrected chi connectivity index (χ1v) is 8.69. The summed E-state index contributed by atoms with van der Waals surface area (Å²) in [4.78, 5) is 2.37. The Hall–Kier alpha value is -0.680. The molecule has 2 nitrogen and oxygen atoms in total. The van der Waals surface area contributed by atoms with Gasteiger partial charge in [-0.15, -0.1) is 48.3 Å². The number of unbranched alkanes of at least 4 members (excludes halogenated alkanes) is 1. The fourth-order valence-electron chi connectivity index (χ4n) is 1.79. The van der Waals surface area contributed by atoms with Gasteiger partial charge < -0.3 is 11.5 Å². The Balaban J connectivity index is 0.00000220. The van der Waals surface area contributed by atoms with E-state index >= 15 is 0 Å². The molecule has 0 amide bonds. The molecule has 122 valence electrons. The van der Waals surface area contributed by atoms with Crippen molar-refractivity contribution in [2.24, 2.45) is 0 Å². The van der Waals surface area contributed by atoms with Crippen molar-refractivity contribution in [2.45, 2.75) is 22.6 Å². The van der Waals surface area contributed by atoms with Crippen LogP contribution in [0.1, 0.15) is 12.8 Å². The molecule has 0 saturated carbocycles. The first kappa shape index (κ1) is 21.3. The summed E-state index contributed by atoms with van der Waals surface area (Å²) >= 11 is 3.67. The molecule has 2 rings (SSSR count). The molecule has 0 aliphatic heterocycles. The van der Waals surface area contributed by atoms with E-state index in [1.807, 2.05) is 59.9 Å². The topological polar surface area (TPSA) is 52.0 Å². The first-order chi connectivity index (χ1) is 9.77. The van der Waals surface area contributed by atoms with Crippen LogP contribution in [0.25, 0.3) is 0 Å². The Morgan fingerprint density at radius 1 is 0.636 bits per heavy atom. The SMILES string of the molecule is Cl.Cl.Nc1ccccc1SCCCCSc1ccccc1N. The Kier molecular flexibility index (Phi) is 11.5. The van der Waals surface area contributed by atoms with Crippen molar-refractivity contribution in [3.8, 4) is 0 Å². The minimum Gasteiger partial charge on any atom is -0.398 e.